The lowest BCUT2D eigenvalue weighted by Crippen LogP contribution is -2.44. The van der Waals surface area contributed by atoms with Gasteiger partial charge in [-0.3, -0.25) is 0 Å². The maximum atomic E-state index is 12.6. The van der Waals surface area contributed by atoms with Gasteiger partial charge >= 0.3 is 6.03 Å². The lowest BCUT2D eigenvalue weighted by molar-refractivity contribution is 0.190. The van der Waals surface area contributed by atoms with Gasteiger partial charge in [0.2, 0.25) is 0 Å². The Morgan fingerprint density at radius 1 is 1.28 bits per heavy atom. The zero-order valence-corrected chi connectivity index (χ0v) is 14.8. The first-order chi connectivity index (χ1) is 12.1. The number of nitrogens with one attached hydrogen (secondary N) is 1. The number of rotatable bonds is 4. The Morgan fingerprint density at radius 3 is 2.80 bits per heavy atom. The molecule has 1 aromatic heterocycles. The third-order valence-electron chi connectivity index (χ3n) is 4.37. The summed E-state index contributed by atoms with van der Waals surface area (Å²) in [5.41, 5.74) is 0.764. The fraction of sp³-hybridized carbons (Fsp3) is 0.421. The number of nitrogens with zero attached hydrogens (tertiary/aromatic N) is 2. The second-order valence-electron chi connectivity index (χ2n) is 6.48. The molecule has 0 radical (unpaired) electrons. The number of amides is 2. The van der Waals surface area contributed by atoms with Gasteiger partial charge in [-0.25, -0.2) is 4.79 Å². The molecule has 1 aliphatic heterocycles. The first kappa shape index (κ1) is 17.4. The summed E-state index contributed by atoms with van der Waals surface area (Å²) in [6.07, 6.45) is 2.62. The molecule has 1 saturated heterocycles. The van der Waals surface area contributed by atoms with E-state index in [1.54, 1.807) is 6.26 Å². The van der Waals surface area contributed by atoms with Crippen LogP contribution in [0.4, 0.5) is 10.5 Å². The number of benzene rings is 1. The number of likely N-dealkylation sites (N-methyl/N-ethyl adjacent to an activating group) is 1. The Labute approximate surface area is 148 Å². The van der Waals surface area contributed by atoms with Gasteiger partial charge in [0.25, 0.3) is 0 Å². The van der Waals surface area contributed by atoms with Gasteiger partial charge in [-0.2, -0.15) is 0 Å². The number of ether oxygens (including phenoxy) is 1. The third-order valence-corrected chi connectivity index (χ3v) is 4.37. The second kappa shape index (κ2) is 8.07. The van der Waals surface area contributed by atoms with Crippen molar-refractivity contribution in [2.75, 3.05) is 32.0 Å². The maximum Gasteiger partial charge on any atom is 0.322 e. The first-order valence-corrected chi connectivity index (χ1v) is 8.63. The summed E-state index contributed by atoms with van der Waals surface area (Å²) >= 11 is 0. The highest BCUT2D eigenvalue weighted by Gasteiger charge is 2.23. The molecule has 3 rings (SSSR count). The van der Waals surface area contributed by atoms with Crippen LogP contribution in [0.25, 0.3) is 0 Å². The van der Waals surface area contributed by atoms with Crippen LogP contribution in [0, 0.1) is 0 Å². The molecule has 25 heavy (non-hydrogen) atoms. The van der Waals surface area contributed by atoms with Crippen LogP contribution in [-0.4, -0.2) is 48.6 Å². The lowest BCUT2D eigenvalue weighted by atomic mass is 10.2. The zero-order valence-electron chi connectivity index (χ0n) is 14.8. The molecule has 2 amide bonds. The van der Waals surface area contributed by atoms with Crippen LogP contribution in [0.1, 0.15) is 19.1 Å². The van der Waals surface area contributed by atoms with E-state index >= 15 is 0 Å². The van der Waals surface area contributed by atoms with E-state index in [0.717, 1.165) is 43.3 Å². The van der Waals surface area contributed by atoms with Crippen LogP contribution in [-0.2, 0) is 6.61 Å². The van der Waals surface area contributed by atoms with Gasteiger partial charge < -0.3 is 24.3 Å². The fourth-order valence-electron chi connectivity index (χ4n) is 3.05. The summed E-state index contributed by atoms with van der Waals surface area (Å²) in [6.45, 7) is 5.18. The van der Waals surface area contributed by atoms with Crippen molar-refractivity contribution >= 4 is 11.7 Å². The number of hydrogen-bond acceptors (Lipinski definition) is 4. The molecule has 134 valence electrons. The highest BCUT2D eigenvalue weighted by molar-refractivity contribution is 5.89. The van der Waals surface area contributed by atoms with E-state index in [1.165, 1.54) is 0 Å². The normalized spacial score (nSPS) is 18.6. The molecule has 6 heteroatoms. The molecular formula is C19H25N3O3. The van der Waals surface area contributed by atoms with Gasteiger partial charge in [0, 0.05) is 24.8 Å². The monoisotopic (exact) mass is 343 g/mol. The van der Waals surface area contributed by atoms with Crippen LogP contribution in [0.2, 0.25) is 0 Å². The van der Waals surface area contributed by atoms with Gasteiger partial charge in [-0.05, 0) is 63.3 Å². The summed E-state index contributed by atoms with van der Waals surface area (Å²) in [6, 6.07) is 11.2. The number of carbonyl (C=O) groups excluding carboxylic acids is 1. The zero-order chi connectivity index (χ0) is 17.6. The van der Waals surface area contributed by atoms with E-state index in [-0.39, 0.29) is 12.1 Å². The largest absolute Gasteiger partial charge is 0.486 e. The van der Waals surface area contributed by atoms with Crippen LogP contribution < -0.4 is 10.1 Å². The highest BCUT2D eigenvalue weighted by atomic mass is 16.5. The molecule has 2 aromatic rings. The molecule has 1 aromatic carbocycles. The van der Waals surface area contributed by atoms with Gasteiger partial charge in [0.05, 0.1) is 6.26 Å². The van der Waals surface area contributed by atoms with Gasteiger partial charge in [-0.1, -0.05) is 0 Å². The lowest BCUT2D eigenvalue weighted by Gasteiger charge is -2.28. The Morgan fingerprint density at radius 2 is 2.08 bits per heavy atom. The van der Waals surface area contributed by atoms with Gasteiger partial charge in [-0.15, -0.1) is 0 Å². The Bertz CT molecular complexity index is 670. The molecule has 1 fully saturated rings. The fourth-order valence-corrected chi connectivity index (χ4v) is 3.05. The van der Waals surface area contributed by atoms with Crippen molar-refractivity contribution in [2.45, 2.75) is 26.0 Å². The van der Waals surface area contributed by atoms with Gasteiger partial charge in [0.15, 0.2) is 0 Å². The smallest absolute Gasteiger partial charge is 0.322 e. The van der Waals surface area contributed by atoms with Gasteiger partial charge in [0.1, 0.15) is 18.1 Å². The molecule has 6 nitrogen and oxygen atoms in total. The molecule has 0 spiro atoms. The van der Waals surface area contributed by atoms with Crippen LogP contribution in [0.3, 0.4) is 0 Å². The number of carbonyl (C=O) groups is 1. The highest BCUT2D eigenvalue weighted by Crippen LogP contribution is 2.18. The van der Waals surface area contributed by atoms with Crippen LogP contribution in [0.5, 0.6) is 5.75 Å². The summed E-state index contributed by atoms with van der Waals surface area (Å²) in [5.74, 6) is 1.51. The van der Waals surface area contributed by atoms with E-state index in [4.69, 9.17) is 9.15 Å². The summed E-state index contributed by atoms with van der Waals surface area (Å²) in [4.78, 5) is 16.7. The predicted molar refractivity (Wildman–Crippen MR) is 96.8 cm³/mol. The number of urea groups is 1. The summed E-state index contributed by atoms with van der Waals surface area (Å²) < 4.78 is 10.9. The molecule has 0 saturated carbocycles. The summed E-state index contributed by atoms with van der Waals surface area (Å²) in [7, 11) is 2.10. The minimum Gasteiger partial charge on any atom is -0.486 e. The van der Waals surface area contributed by atoms with Crippen molar-refractivity contribution in [1.82, 2.24) is 9.80 Å². The minimum atomic E-state index is -0.0490. The van der Waals surface area contributed by atoms with E-state index in [9.17, 15) is 4.79 Å². The van der Waals surface area contributed by atoms with Crippen molar-refractivity contribution in [3.8, 4) is 5.75 Å². The predicted octanol–water partition coefficient (Wildman–Crippen LogP) is 3.42. The molecule has 1 unspecified atom stereocenters. The SMILES string of the molecule is CC1CN(C)CCCN1C(=O)Nc1ccc(OCc2ccco2)cc1. The molecule has 2 heterocycles. The van der Waals surface area contributed by atoms with E-state index < -0.39 is 0 Å². The summed E-state index contributed by atoms with van der Waals surface area (Å²) in [5, 5.41) is 2.98. The first-order valence-electron chi connectivity index (χ1n) is 8.63. The maximum absolute atomic E-state index is 12.6. The molecule has 0 bridgehead atoms. The Balaban J connectivity index is 1.54. The quantitative estimate of drug-likeness (QED) is 0.924. The average molecular weight is 343 g/mol. The van der Waals surface area contributed by atoms with Crippen molar-refractivity contribution < 1.29 is 13.9 Å². The Hall–Kier alpha value is -2.47. The van der Waals surface area contributed by atoms with Crippen molar-refractivity contribution in [2.24, 2.45) is 0 Å². The van der Waals surface area contributed by atoms with Crippen molar-refractivity contribution in [3.05, 3.63) is 48.4 Å². The molecule has 1 aliphatic rings. The minimum absolute atomic E-state index is 0.0490. The third kappa shape index (κ3) is 4.76. The Kier molecular flexibility index (Phi) is 5.60. The second-order valence-corrected chi connectivity index (χ2v) is 6.48. The van der Waals surface area contributed by atoms with Crippen molar-refractivity contribution in [3.63, 3.8) is 0 Å². The van der Waals surface area contributed by atoms with E-state index in [1.807, 2.05) is 41.3 Å². The van der Waals surface area contributed by atoms with E-state index in [2.05, 4.69) is 24.2 Å². The number of hydrogen-bond donors (Lipinski definition) is 1. The van der Waals surface area contributed by atoms with E-state index in [0.29, 0.717) is 6.61 Å². The molecule has 1 N–H and O–H groups in total. The topological polar surface area (TPSA) is 58.0 Å². The average Bonchev–Trinajstić information content (AvgIpc) is 3.05. The van der Waals surface area contributed by atoms with Crippen LogP contribution >= 0.6 is 0 Å². The standard InChI is InChI=1S/C19H25N3O3/c1-15-13-21(2)10-4-11-22(15)19(23)20-16-6-8-17(9-7-16)25-14-18-5-3-12-24-18/h3,5-9,12,15H,4,10-11,13-14H2,1-2H3,(H,20,23). The number of anilines is 1. The molecule has 0 aliphatic carbocycles. The van der Waals surface area contributed by atoms with Crippen molar-refractivity contribution in [1.29, 1.82) is 0 Å². The number of furan rings is 1. The molecule has 1 atom stereocenters. The molecular weight excluding hydrogens is 318 g/mol. The van der Waals surface area contributed by atoms with Crippen LogP contribution in [0.15, 0.2) is 47.1 Å².